The third-order valence-corrected chi connectivity index (χ3v) is 6.67. The molecule has 5 rings (SSSR count). The van der Waals surface area contributed by atoms with Gasteiger partial charge in [-0.2, -0.15) is 4.98 Å². The molecule has 1 saturated heterocycles. The molecule has 32 heavy (non-hydrogen) atoms. The first-order valence-electron chi connectivity index (χ1n) is 11.6. The van der Waals surface area contributed by atoms with Crippen molar-refractivity contribution in [3.63, 3.8) is 0 Å². The summed E-state index contributed by atoms with van der Waals surface area (Å²) in [5, 5.41) is 5.10. The number of carbonyl (C=O) groups excluding carboxylic acids is 1. The van der Waals surface area contributed by atoms with Crippen LogP contribution in [0, 0.1) is 5.92 Å². The van der Waals surface area contributed by atoms with Gasteiger partial charge in [0.15, 0.2) is 5.82 Å². The number of nitrogens with zero attached hydrogens (tertiary/aromatic N) is 3. The minimum Gasteiger partial charge on any atom is -0.497 e. The maximum Gasteiger partial charge on any atom is 0.270 e. The minimum absolute atomic E-state index is 0.0114. The van der Waals surface area contributed by atoms with E-state index in [1.807, 2.05) is 29.2 Å². The van der Waals surface area contributed by atoms with Gasteiger partial charge in [-0.15, -0.1) is 0 Å². The number of carbonyl (C=O) groups is 1. The topological polar surface area (TPSA) is 93.5 Å². The van der Waals surface area contributed by atoms with Crippen LogP contribution in [0.1, 0.15) is 60.2 Å². The Morgan fingerprint density at radius 2 is 2.12 bits per heavy atom. The van der Waals surface area contributed by atoms with Crippen LogP contribution >= 0.6 is 0 Å². The summed E-state index contributed by atoms with van der Waals surface area (Å²) >= 11 is 0. The molecule has 1 N–H and O–H groups in total. The number of methoxy groups -OCH3 is 1. The van der Waals surface area contributed by atoms with E-state index in [2.05, 4.69) is 15.1 Å². The lowest BCUT2D eigenvalue weighted by Crippen LogP contribution is -2.28. The standard InChI is InChI=1S/C24H30N4O4/c1-30-19-7-6-17-12-21(25-20(17)13-19)24(29)28-10-8-18(14-28)23-26-22(27-32-23)9-11-31-15-16-4-2-3-5-16/h6-7,12-13,16,18,25H,2-5,8-11,14-15H2,1H3. The van der Waals surface area contributed by atoms with Crippen LogP contribution in [0.15, 0.2) is 28.8 Å². The summed E-state index contributed by atoms with van der Waals surface area (Å²) in [5.74, 6) is 2.84. The van der Waals surface area contributed by atoms with Crippen LogP contribution in [0.2, 0.25) is 0 Å². The third kappa shape index (κ3) is 4.50. The van der Waals surface area contributed by atoms with Crippen LogP contribution in [0.3, 0.4) is 0 Å². The molecule has 1 amide bonds. The number of H-pyrrole nitrogens is 1. The Morgan fingerprint density at radius 3 is 2.97 bits per heavy atom. The van der Waals surface area contributed by atoms with Crippen molar-refractivity contribution in [2.45, 2.75) is 44.4 Å². The van der Waals surface area contributed by atoms with Gasteiger partial charge in [-0.1, -0.05) is 18.0 Å². The first-order valence-corrected chi connectivity index (χ1v) is 11.6. The number of fused-ring (bicyclic) bond motifs is 1. The number of benzene rings is 1. The maximum atomic E-state index is 13.0. The molecule has 1 aliphatic heterocycles. The Balaban J connectivity index is 1.14. The van der Waals surface area contributed by atoms with Crippen molar-refractivity contribution >= 4 is 16.8 Å². The lowest BCUT2D eigenvalue weighted by Gasteiger charge is -2.14. The van der Waals surface area contributed by atoms with E-state index < -0.39 is 0 Å². The zero-order valence-electron chi connectivity index (χ0n) is 18.5. The summed E-state index contributed by atoms with van der Waals surface area (Å²) in [4.78, 5) is 22.6. The predicted octanol–water partition coefficient (Wildman–Crippen LogP) is 3.94. The summed E-state index contributed by atoms with van der Waals surface area (Å²) in [6.07, 6.45) is 6.71. The van der Waals surface area contributed by atoms with Gasteiger partial charge in [0, 0.05) is 43.1 Å². The Kier molecular flexibility index (Phi) is 6.12. The van der Waals surface area contributed by atoms with Crippen molar-refractivity contribution in [3.8, 4) is 5.75 Å². The first kappa shape index (κ1) is 21.0. The average Bonchev–Trinajstić information content (AvgIpc) is 3.61. The van der Waals surface area contributed by atoms with Crippen molar-refractivity contribution in [1.82, 2.24) is 20.0 Å². The van der Waals surface area contributed by atoms with Crippen LogP contribution in [-0.4, -0.2) is 59.3 Å². The number of rotatable bonds is 8. The Morgan fingerprint density at radius 1 is 1.25 bits per heavy atom. The van der Waals surface area contributed by atoms with Crippen LogP contribution in [0.4, 0.5) is 0 Å². The molecule has 2 aliphatic rings. The van der Waals surface area contributed by atoms with E-state index in [1.54, 1.807) is 7.11 Å². The number of hydrogen-bond donors (Lipinski definition) is 1. The highest BCUT2D eigenvalue weighted by molar-refractivity contribution is 5.98. The fourth-order valence-corrected chi connectivity index (χ4v) is 4.79. The highest BCUT2D eigenvalue weighted by Crippen LogP contribution is 2.29. The molecule has 170 valence electrons. The van der Waals surface area contributed by atoms with E-state index in [0.717, 1.165) is 35.6 Å². The molecule has 1 aliphatic carbocycles. The van der Waals surface area contributed by atoms with Crippen molar-refractivity contribution in [1.29, 1.82) is 0 Å². The van der Waals surface area contributed by atoms with E-state index >= 15 is 0 Å². The quantitative estimate of drug-likeness (QED) is 0.536. The molecule has 3 heterocycles. The second-order valence-electron chi connectivity index (χ2n) is 8.90. The van der Waals surface area contributed by atoms with Crippen LogP contribution in [0.5, 0.6) is 5.75 Å². The lowest BCUT2D eigenvalue weighted by atomic mass is 10.1. The van der Waals surface area contributed by atoms with Gasteiger partial charge in [0.1, 0.15) is 11.4 Å². The lowest BCUT2D eigenvalue weighted by molar-refractivity contribution is 0.0784. The monoisotopic (exact) mass is 438 g/mol. The molecular weight excluding hydrogens is 408 g/mol. The smallest absolute Gasteiger partial charge is 0.270 e. The molecule has 2 fully saturated rings. The molecule has 0 bridgehead atoms. The average molecular weight is 439 g/mol. The van der Waals surface area contributed by atoms with Gasteiger partial charge in [0.2, 0.25) is 5.89 Å². The normalized spacial score (nSPS) is 19.3. The number of hydrogen-bond acceptors (Lipinski definition) is 6. The molecule has 8 nitrogen and oxygen atoms in total. The molecule has 1 aromatic carbocycles. The number of aromatic amines is 1. The van der Waals surface area contributed by atoms with E-state index in [1.165, 1.54) is 25.7 Å². The number of nitrogens with one attached hydrogen (secondary N) is 1. The van der Waals surface area contributed by atoms with Crippen molar-refractivity contribution in [2.75, 3.05) is 33.4 Å². The number of ether oxygens (including phenoxy) is 2. The molecule has 8 heteroatoms. The fourth-order valence-electron chi connectivity index (χ4n) is 4.79. The van der Waals surface area contributed by atoms with Crippen molar-refractivity contribution < 1.29 is 18.8 Å². The fraction of sp³-hybridized carbons (Fsp3) is 0.542. The summed E-state index contributed by atoms with van der Waals surface area (Å²) in [5.41, 5.74) is 1.47. The van der Waals surface area contributed by atoms with Gasteiger partial charge in [-0.3, -0.25) is 4.79 Å². The number of aromatic nitrogens is 3. The van der Waals surface area contributed by atoms with Crippen LogP contribution < -0.4 is 4.74 Å². The summed E-state index contributed by atoms with van der Waals surface area (Å²) in [6.45, 7) is 2.71. The molecular formula is C24H30N4O4. The SMILES string of the molecule is COc1ccc2cc(C(=O)N3CCC(c4nc(CCOCC5CCCC5)no4)C3)[nH]c2c1. The van der Waals surface area contributed by atoms with Gasteiger partial charge in [0.05, 0.1) is 19.6 Å². The van der Waals surface area contributed by atoms with E-state index in [9.17, 15) is 4.79 Å². The molecule has 1 saturated carbocycles. The van der Waals surface area contributed by atoms with Crippen LogP contribution in [-0.2, 0) is 11.2 Å². The molecule has 1 atom stereocenters. The summed E-state index contributed by atoms with van der Waals surface area (Å²) in [6, 6.07) is 7.63. The third-order valence-electron chi connectivity index (χ3n) is 6.67. The summed E-state index contributed by atoms with van der Waals surface area (Å²) < 4.78 is 16.6. The zero-order valence-corrected chi connectivity index (χ0v) is 18.5. The van der Waals surface area contributed by atoms with Crippen molar-refractivity contribution in [2.24, 2.45) is 5.92 Å². The second kappa shape index (κ2) is 9.32. The highest BCUT2D eigenvalue weighted by atomic mass is 16.5. The largest absolute Gasteiger partial charge is 0.497 e. The Hall–Kier alpha value is -2.87. The molecule has 2 aromatic heterocycles. The highest BCUT2D eigenvalue weighted by Gasteiger charge is 2.32. The van der Waals surface area contributed by atoms with Gasteiger partial charge >= 0.3 is 0 Å². The van der Waals surface area contributed by atoms with Crippen LogP contribution in [0.25, 0.3) is 10.9 Å². The van der Waals surface area contributed by atoms with E-state index in [0.29, 0.717) is 43.5 Å². The van der Waals surface area contributed by atoms with E-state index in [-0.39, 0.29) is 11.8 Å². The molecule has 0 radical (unpaired) electrons. The molecule has 0 spiro atoms. The first-order chi connectivity index (χ1) is 15.7. The number of amides is 1. The molecule has 1 unspecified atom stereocenters. The van der Waals surface area contributed by atoms with Crippen molar-refractivity contribution in [3.05, 3.63) is 41.7 Å². The van der Waals surface area contributed by atoms with Gasteiger partial charge in [0.25, 0.3) is 5.91 Å². The predicted molar refractivity (Wildman–Crippen MR) is 119 cm³/mol. The van der Waals surface area contributed by atoms with E-state index in [4.69, 9.17) is 14.0 Å². The minimum atomic E-state index is -0.0114. The maximum absolute atomic E-state index is 13.0. The van der Waals surface area contributed by atoms with Gasteiger partial charge in [-0.25, -0.2) is 0 Å². The summed E-state index contributed by atoms with van der Waals surface area (Å²) in [7, 11) is 1.63. The van der Waals surface area contributed by atoms with Gasteiger partial charge < -0.3 is 23.9 Å². The van der Waals surface area contributed by atoms with Gasteiger partial charge in [-0.05, 0) is 43.4 Å². The Labute approximate surface area is 187 Å². The zero-order chi connectivity index (χ0) is 21.9. The second-order valence-corrected chi connectivity index (χ2v) is 8.90. The molecule has 3 aromatic rings. The Bertz CT molecular complexity index is 1070. The number of likely N-dealkylation sites (tertiary alicyclic amines) is 1.